The zero-order valence-corrected chi connectivity index (χ0v) is 38.2. The molecule has 15 nitrogen and oxygen atoms in total. The summed E-state index contributed by atoms with van der Waals surface area (Å²) < 4.78 is 31.3. The number of amides is 1. The van der Waals surface area contributed by atoms with Gasteiger partial charge < -0.3 is 33.7 Å². The predicted octanol–water partition coefficient (Wildman–Crippen LogP) is 7.00. The van der Waals surface area contributed by atoms with Crippen LogP contribution in [0.3, 0.4) is 0 Å². The number of fused-ring (bicyclic) bond motifs is 2. The van der Waals surface area contributed by atoms with E-state index in [0.717, 1.165) is 77.0 Å². The maximum Gasteiger partial charge on any atom is 0.343 e. The third-order valence-electron chi connectivity index (χ3n) is 15.3. The Morgan fingerprint density at radius 2 is 1.11 bits per heavy atom. The van der Waals surface area contributed by atoms with E-state index < -0.39 is 30.8 Å². The van der Waals surface area contributed by atoms with Gasteiger partial charge in [-0.1, -0.05) is 58.8 Å². The highest BCUT2D eigenvalue weighted by molar-refractivity contribution is 5.77. The highest BCUT2D eigenvalue weighted by atomic mass is 16.6. The minimum Gasteiger partial charge on any atom is -0.461 e. The van der Waals surface area contributed by atoms with Gasteiger partial charge in [0.1, 0.15) is 19.8 Å². The van der Waals surface area contributed by atoms with Crippen molar-refractivity contribution in [1.29, 1.82) is 0 Å². The van der Waals surface area contributed by atoms with E-state index in [2.05, 4.69) is 13.8 Å². The van der Waals surface area contributed by atoms with E-state index in [1.807, 2.05) is 0 Å². The minimum absolute atomic E-state index is 0.0478. The zero-order chi connectivity index (χ0) is 44.9. The molecule has 1 aromatic heterocycles. The molecule has 0 radical (unpaired) electrons. The molecular weight excluding hydrogens is 811 g/mol. The van der Waals surface area contributed by atoms with Crippen molar-refractivity contribution in [2.45, 2.75) is 154 Å². The normalized spacial score (nSPS) is 28.8. The molecule has 15 heteroatoms. The molecule has 11 atom stereocenters. The molecule has 0 bridgehead atoms. The SMILES string of the molecule is CCC1CC(C(=O)OCC(COC(=O)C2CCC3CCCC3C2)OC(=O)CCCN(CCCC(=O)OC(CO)COC(=O)C2CCC3CCCC3C2)C(=O)n2ccn2C)CCC1C. The number of esters is 5. The van der Waals surface area contributed by atoms with Crippen LogP contribution in [0.2, 0.25) is 0 Å². The Labute approximate surface area is 373 Å². The monoisotopic (exact) mass is 886 g/mol. The molecule has 5 saturated carbocycles. The fourth-order valence-electron chi connectivity index (χ4n) is 11.4. The first-order valence-corrected chi connectivity index (χ1v) is 24.4. The van der Waals surface area contributed by atoms with Crippen LogP contribution in [0.1, 0.15) is 142 Å². The summed E-state index contributed by atoms with van der Waals surface area (Å²) in [6.07, 6.45) is 17.8. The number of aromatic nitrogens is 2. The van der Waals surface area contributed by atoms with Gasteiger partial charge in [0, 0.05) is 45.4 Å². The van der Waals surface area contributed by atoms with Crippen molar-refractivity contribution in [2.24, 2.45) is 60.3 Å². The molecule has 0 saturated heterocycles. The van der Waals surface area contributed by atoms with Gasteiger partial charge in [-0.15, -0.1) is 0 Å². The van der Waals surface area contributed by atoms with Gasteiger partial charge in [0.15, 0.2) is 12.2 Å². The van der Waals surface area contributed by atoms with Gasteiger partial charge in [-0.25, -0.2) is 9.48 Å². The van der Waals surface area contributed by atoms with Gasteiger partial charge >= 0.3 is 35.9 Å². The van der Waals surface area contributed by atoms with Crippen LogP contribution in [0.5, 0.6) is 0 Å². The quantitative estimate of drug-likeness (QED) is 0.0988. The lowest BCUT2D eigenvalue weighted by Gasteiger charge is -2.32. The van der Waals surface area contributed by atoms with Crippen LogP contribution in [0.25, 0.3) is 0 Å². The number of carbonyl (C=O) groups is 6. The predicted molar refractivity (Wildman–Crippen MR) is 231 cm³/mol. The number of aryl methyl sites for hydroxylation is 1. The molecule has 354 valence electrons. The van der Waals surface area contributed by atoms with E-state index in [1.165, 1.54) is 30.4 Å². The van der Waals surface area contributed by atoms with E-state index in [0.29, 0.717) is 35.5 Å². The molecule has 1 heterocycles. The number of carbonyl (C=O) groups excluding carboxylic acids is 6. The molecule has 6 rings (SSSR count). The van der Waals surface area contributed by atoms with Crippen LogP contribution < -0.4 is 0 Å². The molecule has 5 aliphatic rings. The molecule has 1 aromatic rings. The Morgan fingerprint density at radius 3 is 1.59 bits per heavy atom. The van der Waals surface area contributed by atoms with Gasteiger partial charge in [-0.05, 0) is 106 Å². The molecule has 1 amide bonds. The molecule has 1 N–H and O–H groups in total. The van der Waals surface area contributed by atoms with E-state index in [4.69, 9.17) is 23.7 Å². The standard InChI is InChI=1S/C48H75N3O12/c1-4-33-25-38(16-15-32(33)2)45(55)60-30-42(31-61-47(57)40-20-18-35-10-6-12-37(35)27-40)63-44(54)14-8-22-50(48(58)51-24-23-49(51)3)21-7-13-43(53)62-41(28-52)29-59-46(56)39-19-17-34-9-5-11-36(34)26-39/h23-24,32-42,52H,4-22,25-31H2,1-3H3. The smallest absolute Gasteiger partial charge is 0.343 e. The summed E-state index contributed by atoms with van der Waals surface area (Å²) in [6, 6.07) is -0.334. The largest absolute Gasteiger partial charge is 0.461 e. The third kappa shape index (κ3) is 13.8. The Hall–Kier alpha value is -3.88. The van der Waals surface area contributed by atoms with Crippen molar-refractivity contribution < 1.29 is 57.6 Å². The number of hydrogen-bond acceptors (Lipinski definition) is 12. The molecule has 0 spiro atoms. The number of nitrogens with zero attached hydrogens (tertiary/aromatic N) is 3. The lowest BCUT2D eigenvalue weighted by molar-refractivity contribution is -0.171. The fourth-order valence-corrected chi connectivity index (χ4v) is 11.4. The number of hydrogen-bond donors (Lipinski definition) is 1. The molecule has 11 unspecified atom stereocenters. The number of ether oxygens (including phenoxy) is 5. The van der Waals surface area contributed by atoms with E-state index in [9.17, 15) is 33.9 Å². The van der Waals surface area contributed by atoms with Crippen molar-refractivity contribution >= 4 is 35.9 Å². The first-order chi connectivity index (χ1) is 30.4. The van der Waals surface area contributed by atoms with E-state index in [1.54, 1.807) is 29.0 Å². The van der Waals surface area contributed by atoms with E-state index in [-0.39, 0.29) is 100 Å². The van der Waals surface area contributed by atoms with Crippen molar-refractivity contribution in [3.8, 4) is 0 Å². The summed E-state index contributed by atoms with van der Waals surface area (Å²) in [5.41, 5.74) is 0. The Bertz CT molecular complexity index is 1650. The summed E-state index contributed by atoms with van der Waals surface area (Å²) in [7, 11) is 1.72. The zero-order valence-electron chi connectivity index (χ0n) is 38.2. The number of aliphatic hydroxyl groups is 1. The highest BCUT2D eigenvalue weighted by Gasteiger charge is 2.39. The van der Waals surface area contributed by atoms with Crippen LogP contribution in [-0.2, 0) is 54.7 Å². The van der Waals surface area contributed by atoms with Gasteiger partial charge in [0.25, 0.3) is 0 Å². The molecular formula is C48H75N3O12. The molecule has 5 aliphatic carbocycles. The van der Waals surface area contributed by atoms with Gasteiger partial charge in [0.05, 0.1) is 24.4 Å². The lowest BCUT2D eigenvalue weighted by atomic mass is 9.74. The Morgan fingerprint density at radius 1 is 0.635 bits per heavy atom. The van der Waals surface area contributed by atoms with Gasteiger partial charge in [0.2, 0.25) is 0 Å². The van der Waals surface area contributed by atoms with Crippen molar-refractivity contribution in [3.05, 3.63) is 12.4 Å². The second-order valence-electron chi connectivity index (χ2n) is 19.6. The number of aliphatic hydroxyl groups excluding tert-OH is 1. The Kier molecular flexibility index (Phi) is 18.4. The maximum atomic E-state index is 13.5. The van der Waals surface area contributed by atoms with Crippen molar-refractivity contribution in [3.63, 3.8) is 0 Å². The first-order valence-electron chi connectivity index (χ1n) is 24.4. The average Bonchev–Trinajstić information content (AvgIpc) is 3.96. The molecule has 0 aromatic carbocycles. The van der Waals surface area contributed by atoms with Crippen molar-refractivity contribution in [1.82, 2.24) is 14.3 Å². The summed E-state index contributed by atoms with van der Waals surface area (Å²) >= 11 is 0. The van der Waals surface area contributed by atoms with E-state index >= 15 is 0 Å². The second kappa shape index (κ2) is 23.9. The molecule has 5 fully saturated rings. The number of rotatable bonds is 21. The molecule has 0 aliphatic heterocycles. The minimum atomic E-state index is -0.986. The summed E-state index contributed by atoms with van der Waals surface area (Å²) in [5, 5.41) is 9.87. The molecule has 63 heavy (non-hydrogen) atoms. The van der Waals surface area contributed by atoms with Gasteiger partial charge in [-0.2, -0.15) is 0 Å². The van der Waals surface area contributed by atoms with Crippen LogP contribution in [0.4, 0.5) is 4.79 Å². The van der Waals surface area contributed by atoms with Crippen LogP contribution in [0.15, 0.2) is 12.4 Å². The van der Waals surface area contributed by atoms with Crippen LogP contribution in [0, 0.1) is 53.3 Å². The lowest BCUT2D eigenvalue weighted by Crippen LogP contribution is -2.40. The summed E-state index contributed by atoms with van der Waals surface area (Å²) in [4.78, 5) is 80.4. The maximum absolute atomic E-state index is 13.5. The Balaban J connectivity index is 0.958. The topological polar surface area (TPSA) is 182 Å². The average molecular weight is 886 g/mol. The summed E-state index contributed by atoms with van der Waals surface area (Å²) in [5.74, 6) is 0.911. The van der Waals surface area contributed by atoms with Gasteiger partial charge in [-0.3, -0.25) is 28.7 Å². The third-order valence-corrected chi connectivity index (χ3v) is 15.3. The summed E-state index contributed by atoms with van der Waals surface area (Å²) in [6.45, 7) is 3.59. The highest BCUT2D eigenvalue weighted by Crippen LogP contribution is 2.45. The fraction of sp³-hybridized carbons (Fsp3) is 0.833. The van der Waals surface area contributed by atoms with Crippen molar-refractivity contribution in [2.75, 3.05) is 39.5 Å². The van der Waals surface area contributed by atoms with Crippen LogP contribution in [-0.4, -0.2) is 107 Å². The first kappa shape index (κ1) is 48.6. The second-order valence-corrected chi connectivity index (χ2v) is 19.6. The van der Waals surface area contributed by atoms with Crippen LogP contribution >= 0.6 is 0 Å².